The lowest BCUT2D eigenvalue weighted by atomic mass is 10.0. The number of halogens is 2. The maximum absolute atomic E-state index is 13.7. The topological polar surface area (TPSA) is 58.6 Å². The Morgan fingerprint density at radius 2 is 1.65 bits per heavy atom. The highest BCUT2D eigenvalue weighted by molar-refractivity contribution is 9.10. The lowest BCUT2D eigenvalue weighted by Gasteiger charge is -2.32. The first kappa shape index (κ1) is 28.7. The summed E-state index contributed by atoms with van der Waals surface area (Å²) in [4.78, 5) is 28.7. The molecule has 0 aromatic heterocycles. The standard InChI is InChI=1S/C30H34BrClN2O3/c1-20(2)23-14-15-28(25(31)17-23)37-19-29(35)34(18-24-12-8-9-13-26(24)32)27(30(36)33-21(3)4)16-22-10-6-5-7-11-22/h5-15,17,20-21,27H,16,18-19H2,1-4H3,(H,33,36)/t27-/m1/s1. The molecule has 0 saturated heterocycles. The zero-order valence-corrected chi connectivity index (χ0v) is 24.1. The Hall–Kier alpha value is -2.83. The van der Waals surface area contributed by atoms with Crippen LogP contribution < -0.4 is 10.1 Å². The van der Waals surface area contributed by atoms with Gasteiger partial charge in [0.1, 0.15) is 11.8 Å². The van der Waals surface area contributed by atoms with E-state index in [1.54, 1.807) is 11.0 Å². The molecule has 1 N–H and O–H groups in total. The van der Waals surface area contributed by atoms with Crippen LogP contribution in [0.4, 0.5) is 0 Å². The molecule has 0 aliphatic rings. The second kappa shape index (κ2) is 13.6. The van der Waals surface area contributed by atoms with E-state index in [2.05, 4.69) is 35.1 Å². The summed E-state index contributed by atoms with van der Waals surface area (Å²) < 4.78 is 6.72. The van der Waals surface area contributed by atoms with Gasteiger partial charge in [0.2, 0.25) is 5.91 Å². The number of nitrogens with one attached hydrogen (secondary N) is 1. The largest absolute Gasteiger partial charge is 0.483 e. The number of benzene rings is 3. The number of nitrogens with zero attached hydrogens (tertiary/aromatic N) is 1. The summed E-state index contributed by atoms with van der Waals surface area (Å²) in [6.45, 7) is 8.00. The molecule has 0 aliphatic heterocycles. The molecule has 0 bridgehead atoms. The first-order valence-electron chi connectivity index (χ1n) is 12.4. The van der Waals surface area contributed by atoms with Crippen molar-refractivity contribution in [3.8, 4) is 5.75 Å². The molecule has 0 fully saturated rings. The van der Waals surface area contributed by atoms with Crippen molar-refractivity contribution in [3.05, 3.63) is 99.0 Å². The summed E-state index contributed by atoms with van der Waals surface area (Å²) in [5.41, 5.74) is 2.88. The zero-order valence-electron chi connectivity index (χ0n) is 21.7. The number of carbonyl (C=O) groups is 2. The fourth-order valence-corrected chi connectivity index (χ4v) is 4.67. The molecular weight excluding hydrogens is 552 g/mol. The SMILES string of the molecule is CC(C)NC(=O)[C@@H](Cc1ccccc1)N(Cc1ccccc1Cl)C(=O)COc1ccc(C(C)C)cc1Br. The second-order valence-electron chi connectivity index (χ2n) is 9.62. The molecule has 3 aromatic carbocycles. The molecule has 1 atom stereocenters. The van der Waals surface area contributed by atoms with E-state index in [1.165, 1.54) is 5.56 Å². The number of rotatable bonds is 11. The zero-order chi connectivity index (χ0) is 26.9. The Morgan fingerprint density at radius 3 is 2.27 bits per heavy atom. The summed E-state index contributed by atoms with van der Waals surface area (Å²) >= 11 is 10.0. The molecule has 196 valence electrons. The third-order valence-corrected chi connectivity index (χ3v) is 6.96. The van der Waals surface area contributed by atoms with Crippen LogP contribution >= 0.6 is 27.5 Å². The van der Waals surface area contributed by atoms with Crippen LogP contribution in [0.1, 0.15) is 50.3 Å². The molecule has 0 aliphatic carbocycles. The summed E-state index contributed by atoms with van der Waals surface area (Å²) in [5.74, 6) is 0.416. The van der Waals surface area contributed by atoms with Crippen molar-refractivity contribution in [3.63, 3.8) is 0 Å². The summed E-state index contributed by atoms with van der Waals surface area (Å²) in [5, 5.41) is 3.52. The van der Waals surface area contributed by atoms with Gasteiger partial charge in [-0.1, -0.05) is 80.0 Å². The van der Waals surface area contributed by atoms with Gasteiger partial charge >= 0.3 is 0 Å². The Kier molecular flexibility index (Phi) is 10.6. The van der Waals surface area contributed by atoms with Gasteiger partial charge < -0.3 is 15.0 Å². The minimum Gasteiger partial charge on any atom is -0.483 e. The van der Waals surface area contributed by atoms with Gasteiger partial charge in [0.15, 0.2) is 6.61 Å². The quantitative estimate of drug-likeness (QED) is 0.270. The Balaban J connectivity index is 1.91. The van der Waals surface area contributed by atoms with Crippen LogP contribution in [0.15, 0.2) is 77.3 Å². The van der Waals surface area contributed by atoms with E-state index in [9.17, 15) is 9.59 Å². The molecule has 3 rings (SSSR count). The highest BCUT2D eigenvalue weighted by atomic mass is 79.9. The molecule has 0 saturated carbocycles. The molecule has 0 radical (unpaired) electrons. The Bertz CT molecular complexity index is 1200. The van der Waals surface area contributed by atoms with Crippen molar-refractivity contribution in [1.29, 1.82) is 0 Å². The van der Waals surface area contributed by atoms with Crippen LogP contribution in [-0.4, -0.2) is 35.4 Å². The van der Waals surface area contributed by atoms with Crippen LogP contribution in [-0.2, 0) is 22.6 Å². The number of amides is 2. The molecule has 0 unspecified atom stereocenters. The molecule has 5 nitrogen and oxygen atoms in total. The van der Waals surface area contributed by atoms with Gasteiger partial charge in [0, 0.05) is 24.0 Å². The van der Waals surface area contributed by atoms with Gasteiger partial charge in [-0.2, -0.15) is 0 Å². The van der Waals surface area contributed by atoms with E-state index in [0.29, 0.717) is 23.1 Å². The van der Waals surface area contributed by atoms with E-state index in [4.69, 9.17) is 16.3 Å². The highest BCUT2D eigenvalue weighted by Crippen LogP contribution is 2.29. The predicted molar refractivity (Wildman–Crippen MR) is 153 cm³/mol. The van der Waals surface area contributed by atoms with E-state index in [-0.39, 0.29) is 31.0 Å². The number of hydrogen-bond acceptors (Lipinski definition) is 3. The van der Waals surface area contributed by atoms with Gasteiger partial charge in [0.05, 0.1) is 4.47 Å². The van der Waals surface area contributed by atoms with Crippen molar-refractivity contribution in [2.45, 2.75) is 58.7 Å². The lowest BCUT2D eigenvalue weighted by molar-refractivity contribution is -0.143. The summed E-state index contributed by atoms with van der Waals surface area (Å²) in [6.07, 6.45) is 0.363. The van der Waals surface area contributed by atoms with Crippen molar-refractivity contribution in [2.75, 3.05) is 6.61 Å². The summed E-state index contributed by atoms with van der Waals surface area (Å²) in [6, 6.07) is 22.1. The molecule has 7 heteroatoms. The minimum absolute atomic E-state index is 0.0743. The van der Waals surface area contributed by atoms with E-state index in [1.807, 2.05) is 80.6 Å². The maximum Gasteiger partial charge on any atom is 0.261 e. The molecule has 0 heterocycles. The average molecular weight is 586 g/mol. The molecule has 0 spiro atoms. The summed E-state index contributed by atoms with van der Waals surface area (Å²) in [7, 11) is 0. The molecule has 2 amide bonds. The average Bonchev–Trinajstić information content (AvgIpc) is 2.86. The van der Waals surface area contributed by atoms with Crippen molar-refractivity contribution in [1.82, 2.24) is 10.2 Å². The van der Waals surface area contributed by atoms with E-state index >= 15 is 0 Å². The number of carbonyl (C=O) groups excluding carboxylic acids is 2. The van der Waals surface area contributed by atoms with Crippen LogP contribution in [0.3, 0.4) is 0 Å². The normalized spacial score (nSPS) is 11.9. The maximum atomic E-state index is 13.7. The van der Waals surface area contributed by atoms with Gasteiger partial charge in [-0.25, -0.2) is 0 Å². The van der Waals surface area contributed by atoms with Gasteiger partial charge in [-0.15, -0.1) is 0 Å². The number of hydrogen-bond donors (Lipinski definition) is 1. The lowest BCUT2D eigenvalue weighted by Crippen LogP contribution is -2.52. The third kappa shape index (κ3) is 8.34. The fraction of sp³-hybridized carbons (Fsp3) is 0.333. The minimum atomic E-state index is -0.746. The molecular formula is C30H34BrClN2O3. The predicted octanol–water partition coefficient (Wildman–Crippen LogP) is 6.77. The van der Waals surface area contributed by atoms with E-state index < -0.39 is 6.04 Å². The first-order chi connectivity index (χ1) is 17.7. The number of ether oxygens (including phenoxy) is 1. The van der Waals surface area contributed by atoms with Crippen LogP contribution in [0, 0.1) is 0 Å². The van der Waals surface area contributed by atoms with Crippen molar-refractivity contribution < 1.29 is 14.3 Å². The molecule has 3 aromatic rings. The van der Waals surface area contributed by atoms with Crippen molar-refractivity contribution >= 4 is 39.3 Å². The van der Waals surface area contributed by atoms with Crippen LogP contribution in [0.5, 0.6) is 5.75 Å². The first-order valence-corrected chi connectivity index (χ1v) is 13.6. The molecule has 37 heavy (non-hydrogen) atoms. The van der Waals surface area contributed by atoms with Crippen molar-refractivity contribution in [2.24, 2.45) is 0 Å². The highest BCUT2D eigenvalue weighted by Gasteiger charge is 2.31. The van der Waals surface area contributed by atoms with Crippen LogP contribution in [0.25, 0.3) is 0 Å². The fourth-order valence-electron chi connectivity index (χ4n) is 3.96. The van der Waals surface area contributed by atoms with Gasteiger partial charge in [0.25, 0.3) is 5.91 Å². The third-order valence-electron chi connectivity index (χ3n) is 5.97. The van der Waals surface area contributed by atoms with Gasteiger partial charge in [-0.3, -0.25) is 9.59 Å². The Labute approximate surface area is 233 Å². The van der Waals surface area contributed by atoms with Crippen LogP contribution in [0.2, 0.25) is 5.02 Å². The van der Waals surface area contributed by atoms with Gasteiger partial charge in [-0.05, 0) is 70.6 Å². The Morgan fingerprint density at radius 1 is 0.973 bits per heavy atom. The monoisotopic (exact) mass is 584 g/mol. The smallest absolute Gasteiger partial charge is 0.261 e. The second-order valence-corrected chi connectivity index (χ2v) is 10.9. The van der Waals surface area contributed by atoms with E-state index in [0.717, 1.165) is 15.6 Å².